The van der Waals surface area contributed by atoms with Crippen LogP contribution in [0.2, 0.25) is 25.7 Å². The lowest BCUT2D eigenvalue weighted by molar-refractivity contribution is 0.0892. The van der Waals surface area contributed by atoms with Gasteiger partial charge in [0.25, 0.3) is 5.91 Å². The van der Waals surface area contributed by atoms with Crippen LogP contribution < -0.4 is 5.32 Å². The van der Waals surface area contributed by atoms with E-state index < -0.39 is 8.07 Å². The molecule has 2 heterocycles. The van der Waals surface area contributed by atoms with Crippen molar-refractivity contribution in [3.05, 3.63) is 22.6 Å². The van der Waals surface area contributed by atoms with Crippen LogP contribution in [0.5, 0.6) is 0 Å². The molecule has 0 aromatic carbocycles. The van der Waals surface area contributed by atoms with Gasteiger partial charge >= 0.3 is 0 Å². The Labute approximate surface area is 163 Å². The molecule has 1 N–H and O–H groups in total. The maximum Gasteiger partial charge on any atom is 0.255 e. The number of hydrogen-bond donors (Lipinski definition) is 1. The van der Waals surface area contributed by atoms with Gasteiger partial charge in [-0.25, -0.2) is 9.97 Å². The largest absolute Gasteiger partial charge is 0.361 e. The first-order chi connectivity index (χ1) is 12.3. The van der Waals surface area contributed by atoms with Crippen molar-refractivity contribution in [2.75, 3.05) is 13.2 Å². The van der Waals surface area contributed by atoms with Gasteiger partial charge in [-0.2, -0.15) is 0 Å². The van der Waals surface area contributed by atoms with Crippen LogP contribution in [-0.4, -0.2) is 41.7 Å². The van der Waals surface area contributed by atoms with Gasteiger partial charge in [0, 0.05) is 27.4 Å². The fraction of sp³-hybridized carbons (Fsp3) is 0.611. The summed E-state index contributed by atoms with van der Waals surface area (Å²) in [4.78, 5) is 21.5. The van der Waals surface area contributed by atoms with Crippen molar-refractivity contribution in [1.82, 2.24) is 19.9 Å². The average Bonchev–Trinajstić information content (AvgIpc) is 3.31. The van der Waals surface area contributed by atoms with Crippen molar-refractivity contribution >= 4 is 41.1 Å². The first-order valence-electron chi connectivity index (χ1n) is 9.21. The minimum Gasteiger partial charge on any atom is -0.361 e. The summed E-state index contributed by atoms with van der Waals surface area (Å²) in [5.41, 5.74) is 1.84. The Kier molecular flexibility index (Phi) is 6.14. The van der Waals surface area contributed by atoms with Crippen LogP contribution in [0.15, 0.2) is 17.0 Å². The van der Waals surface area contributed by atoms with Gasteiger partial charge in [-0.3, -0.25) is 4.79 Å². The summed E-state index contributed by atoms with van der Waals surface area (Å²) in [7, 11) is -1.12. The highest BCUT2D eigenvalue weighted by Gasteiger charge is 2.22. The van der Waals surface area contributed by atoms with E-state index >= 15 is 0 Å². The topological polar surface area (TPSA) is 69.0 Å². The molecule has 1 amide bonds. The molecular weight excluding hydrogens is 412 g/mol. The summed E-state index contributed by atoms with van der Waals surface area (Å²) in [6.07, 6.45) is 7.10. The first kappa shape index (κ1) is 19.5. The maximum absolute atomic E-state index is 12.6. The molecule has 0 saturated heterocycles. The Hall–Kier alpha value is -1.25. The highest BCUT2D eigenvalue weighted by atomic mass is 79.9. The maximum atomic E-state index is 12.6. The van der Waals surface area contributed by atoms with E-state index in [-0.39, 0.29) is 5.91 Å². The van der Waals surface area contributed by atoms with E-state index in [0.29, 0.717) is 34.6 Å². The molecule has 6 nitrogen and oxygen atoms in total. The minimum absolute atomic E-state index is 0.0936. The summed E-state index contributed by atoms with van der Waals surface area (Å²) >= 11 is 3.35. The number of rotatable bonds is 9. The van der Waals surface area contributed by atoms with E-state index in [2.05, 4.69) is 50.9 Å². The number of amides is 1. The summed E-state index contributed by atoms with van der Waals surface area (Å²) < 4.78 is 8.32. The van der Waals surface area contributed by atoms with Gasteiger partial charge in [0.2, 0.25) is 0 Å². The van der Waals surface area contributed by atoms with Crippen LogP contribution in [0.1, 0.15) is 29.6 Å². The summed E-state index contributed by atoms with van der Waals surface area (Å²) in [5.74, 6) is 0.703. The van der Waals surface area contributed by atoms with E-state index in [9.17, 15) is 4.79 Å². The molecule has 0 unspecified atom stereocenters. The molecule has 26 heavy (non-hydrogen) atoms. The van der Waals surface area contributed by atoms with E-state index in [0.717, 1.165) is 25.0 Å². The number of carbonyl (C=O) groups excluding carboxylic acids is 1. The monoisotopic (exact) mass is 438 g/mol. The zero-order valence-electron chi connectivity index (χ0n) is 15.7. The smallest absolute Gasteiger partial charge is 0.255 e. The Bertz CT molecular complexity index is 783. The molecule has 0 spiro atoms. The number of ether oxygens (including phenoxy) is 1. The quantitative estimate of drug-likeness (QED) is 0.473. The van der Waals surface area contributed by atoms with Crippen LogP contribution in [-0.2, 0) is 11.5 Å². The predicted molar refractivity (Wildman–Crippen MR) is 109 cm³/mol. The van der Waals surface area contributed by atoms with Gasteiger partial charge in [0.05, 0.1) is 11.8 Å². The van der Waals surface area contributed by atoms with Gasteiger partial charge in [-0.1, -0.05) is 32.5 Å². The number of nitrogens with one attached hydrogen (secondary N) is 1. The molecule has 0 bridgehead atoms. The SMILES string of the molecule is C[Si](C)(C)CCOCn1cc(C(=O)NCCC2CC2)c2nc(Br)cnc21. The molecule has 1 fully saturated rings. The predicted octanol–water partition coefficient (Wildman–Crippen LogP) is 4.04. The second-order valence-electron chi connectivity index (χ2n) is 8.21. The zero-order valence-corrected chi connectivity index (χ0v) is 18.3. The third kappa shape index (κ3) is 5.37. The molecule has 3 rings (SSSR count). The van der Waals surface area contributed by atoms with Crippen molar-refractivity contribution in [2.24, 2.45) is 5.92 Å². The van der Waals surface area contributed by atoms with E-state index in [1.54, 1.807) is 12.4 Å². The standard InChI is InChI=1S/C18H27BrN4O2Si/c1-26(2,3)9-8-25-12-23-11-14(16-17(23)21-10-15(19)22-16)18(24)20-7-6-13-4-5-13/h10-11,13H,4-9,12H2,1-3H3,(H,20,24). The van der Waals surface area contributed by atoms with E-state index in [1.807, 2.05) is 4.57 Å². The van der Waals surface area contributed by atoms with Gasteiger partial charge in [-0.15, -0.1) is 0 Å². The third-order valence-corrected chi connectivity index (χ3v) is 6.63. The molecule has 2 aromatic heterocycles. The number of nitrogens with zero attached hydrogens (tertiary/aromatic N) is 3. The molecule has 8 heteroatoms. The summed E-state index contributed by atoms with van der Waals surface area (Å²) in [6, 6.07) is 1.11. The number of aromatic nitrogens is 3. The van der Waals surface area contributed by atoms with Gasteiger partial charge in [0.15, 0.2) is 5.65 Å². The highest BCUT2D eigenvalue weighted by Crippen LogP contribution is 2.31. The Morgan fingerprint density at radius 3 is 2.88 bits per heavy atom. The van der Waals surface area contributed by atoms with Crippen LogP contribution in [0.3, 0.4) is 0 Å². The molecule has 0 atom stereocenters. The van der Waals surface area contributed by atoms with Crippen molar-refractivity contribution in [1.29, 1.82) is 0 Å². The third-order valence-electron chi connectivity index (χ3n) is 4.54. The van der Waals surface area contributed by atoms with Crippen LogP contribution in [0.4, 0.5) is 0 Å². The Morgan fingerprint density at radius 2 is 2.19 bits per heavy atom. The van der Waals surface area contributed by atoms with Gasteiger partial charge in [0.1, 0.15) is 16.9 Å². The van der Waals surface area contributed by atoms with Gasteiger partial charge < -0.3 is 14.6 Å². The molecule has 142 valence electrons. The highest BCUT2D eigenvalue weighted by molar-refractivity contribution is 9.10. The summed E-state index contributed by atoms with van der Waals surface area (Å²) in [5, 5.41) is 3.01. The van der Waals surface area contributed by atoms with E-state index in [1.165, 1.54) is 12.8 Å². The van der Waals surface area contributed by atoms with E-state index in [4.69, 9.17) is 4.74 Å². The normalized spacial score (nSPS) is 14.8. The molecule has 0 aliphatic heterocycles. The van der Waals surface area contributed by atoms with Crippen LogP contribution >= 0.6 is 15.9 Å². The fourth-order valence-electron chi connectivity index (χ4n) is 2.73. The number of hydrogen-bond acceptors (Lipinski definition) is 4. The van der Waals surface area contributed by atoms with Gasteiger partial charge in [-0.05, 0) is 34.3 Å². The Balaban J connectivity index is 1.70. The van der Waals surface area contributed by atoms with Crippen molar-refractivity contribution in [3.63, 3.8) is 0 Å². The lowest BCUT2D eigenvalue weighted by atomic mass is 10.2. The number of halogens is 1. The zero-order chi connectivity index (χ0) is 18.7. The first-order valence-corrected chi connectivity index (χ1v) is 13.7. The molecule has 1 saturated carbocycles. The van der Waals surface area contributed by atoms with Crippen LogP contribution in [0, 0.1) is 5.92 Å². The van der Waals surface area contributed by atoms with Crippen LogP contribution in [0.25, 0.3) is 11.2 Å². The fourth-order valence-corrected chi connectivity index (χ4v) is 3.76. The lowest BCUT2D eigenvalue weighted by Gasteiger charge is -2.15. The minimum atomic E-state index is -1.12. The average molecular weight is 439 g/mol. The van der Waals surface area contributed by atoms with Crippen molar-refractivity contribution in [3.8, 4) is 0 Å². The molecular formula is C18H27BrN4O2Si. The summed E-state index contributed by atoms with van der Waals surface area (Å²) in [6.45, 7) is 8.80. The van der Waals surface area contributed by atoms with Crippen molar-refractivity contribution in [2.45, 2.75) is 51.7 Å². The number of carbonyl (C=O) groups is 1. The second kappa shape index (κ2) is 8.18. The molecule has 1 aliphatic rings. The molecule has 0 radical (unpaired) electrons. The lowest BCUT2D eigenvalue weighted by Crippen LogP contribution is -2.24. The number of fused-ring (bicyclic) bond motifs is 1. The Morgan fingerprint density at radius 1 is 1.42 bits per heavy atom. The van der Waals surface area contributed by atoms with Crippen molar-refractivity contribution < 1.29 is 9.53 Å². The molecule has 1 aliphatic carbocycles. The molecule has 2 aromatic rings. The second-order valence-corrected chi connectivity index (χ2v) is 14.6.